The maximum absolute atomic E-state index is 11.0. The summed E-state index contributed by atoms with van der Waals surface area (Å²) in [6, 6.07) is 5.08. The van der Waals surface area contributed by atoms with Gasteiger partial charge in [-0.05, 0) is 36.8 Å². The molecule has 0 aromatic heterocycles. The van der Waals surface area contributed by atoms with Crippen molar-refractivity contribution >= 4 is 17.3 Å². The molecule has 2 atom stereocenters. The minimum atomic E-state index is -0.981. The van der Waals surface area contributed by atoms with Crippen LogP contribution in [-0.2, 0) is 0 Å². The first-order valence-electron chi connectivity index (χ1n) is 6.43. The van der Waals surface area contributed by atoms with E-state index in [1.54, 1.807) is 6.07 Å². The van der Waals surface area contributed by atoms with E-state index in [-0.39, 0.29) is 5.56 Å². The van der Waals surface area contributed by atoms with Crippen LogP contribution in [0.25, 0.3) is 0 Å². The number of carboxylic acids is 1. The van der Waals surface area contributed by atoms with E-state index in [2.05, 4.69) is 12.2 Å². The molecule has 0 spiro atoms. The Bertz CT molecular complexity index is 445. The second kappa shape index (κ2) is 5.29. The zero-order valence-corrected chi connectivity index (χ0v) is 10.6. The molecule has 1 fully saturated rings. The Morgan fingerprint density at radius 3 is 2.89 bits per heavy atom. The molecule has 0 saturated heterocycles. The largest absolute Gasteiger partial charge is 0.478 e. The molecular weight excluding hydrogens is 228 g/mol. The first-order chi connectivity index (χ1) is 8.58. The van der Waals surface area contributed by atoms with E-state index in [4.69, 9.17) is 10.8 Å². The molecule has 4 N–H and O–H groups in total. The molecule has 4 heteroatoms. The molecule has 1 aliphatic carbocycles. The molecule has 18 heavy (non-hydrogen) atoms. The van der Waals surface area contributed by atoms with Gasteiger partial charge in [-0.25, -0.2) is 4.79 Å². The van der Waals surface area contributed by atoms with E-state index in [1.807, 2.05) is 6.07 Å². The maximum Gasteiger partial charge on any atom is 0.337 e. The maximum atomic E-state index is 11.0. The van der Waals surface area contributed by atoms with Crippen LogP contribution >= 0.6 is 0 Å². The van der Waals surface area contributed by atoms with E-state index in [0.29, 0.717) is 11.6 Å². The summed E-state index contributed by atoms with van der Waals surface area (Å²) < 4.78 is 0. The van der Waals surface area contributed by atoms with Crippen molar-refractivity contribution in [2.45, 2.75) is 26.2 Å². The Morgan fingerprint density at radius 1 is 1.50 bits per heavy atom. The van der Waals surface area contributed by atoms with Crippen LogP contribution in [0.1, 0.15) is 36.5 Å². The van der Waals surface area contributed by atoms with Gasteiger partial charge in [0.1, 0.15) is 0 Å². The molecule has 1 saturated carbocycles. The highest BCUT2D eigenvalue weighted by Gasteiger charge is 2.21. The van der Waals surface area contributed by atoms with Crippen LogP contribution in [0.3, 0.4) is 0 Å². The van der Waals surface area contributed by atoms with Crippen LogP contribution in [0.15, 0.2) is 18.2 Å². The Hall–Kier alpha value is -1.71. The highest BCUT2D eigenvalue weighted by atomic mass is 16.4. The molecule has 98 valence electrons. The average molecular weight is 248 g/mol. The summed E-state index contributed by atoms with van der Waals surface area (Å²) in [5.74, 6) is 0.498. The molecule has 2 rings (SSSR count). The number of hydrogen-bond donors (Lipinski definition) is 3. The van der Waals surface area contributed by atoms with Gasteiger partial charge in [-0.15, -0.1) is 0 Å². The Labute approximate surface area is 107 Å². The first kappa shape index (κ1) is 12.7. The fourth-order valence-electron chi connectivity index (χ4n) is 2.67. The predicted molar refractivity (Wildman–Crippen MR) is 72.8 cm³/mol. The number of hydrogen-bond acceptors (Lipinski definition) is 3. The van der Waals surface area contributed by atoms with E-state index < -0.39 is 5.97 Å². The van der Waals surface area contributed by atoms with Crippen LogP contribution in [0.5, 0.6) is 0 Å². The van der Waals surface area contributed by atoms with Crippen molar-refractivity contribution in [3.8, 4) is 0 Å². The van der Waals surface area contributed by atoms with Crippen molar-refractivity contribution in [3.63, 3.8) is 0 Å². The van der Waals surface area contributed by atoms with E-state index in [1.165, 1.54) is 25.3 Å². The summed E-state index contributed by atoms with van der Waals surface area (Å²) in [5, 5.41) is 12.3. The van der Waals surface area contributed by atoms with Gasteiger partial charge in [0.2, 0.25) is 0 Å². The minimum Gasteiger partial charge on any atom is -0.478 e. The van der Waals surface area contributed by atoms with Crippen LogP contribution in [0.4, 0.5) is 11.4 Å². The van der Waals surface area contributed by atoms with Gasteiger partial charge >= 0.3 is 5.97 Å². The zero-order chi connectivity index (χ0) is 13.1. The van der Waals surface area contributed by atoms with Crippen LogP contribution in [0.2, 0.25) is 0 Å². The summed E-state index contributed by atoms with van der Waals surface area (Å²) in [7, 11) is 0. The summed E-state index contributed by atoms with van der Waals surface area (Å²) in [4.78, 5) is 11.0. The molecule has 0 heterocycles. The molecule has 1 aliphatic rings. The topological polar surface area (TPSA) is 75.3 Å². The minimum absolute atomic E-state index is 0.166. The summed E-state index contributed by atoms with van der Waals surface area (Å²) in [6.45, 7) is 3.15. The Balaban J connectivity index is 2.01. The molecule has 1 aromatic carbocycles. The highest BCUT2D eigenvalue weighted by molar-refractivity contribution is 5.97. The number of carbonyl (C=O) groups is 1. The standard InChI is InChI=1S/C14H20N2O2/c1-9-5-6-10(7-9)8-16-12-4-2-3-11(13(12)15)14(17)18/h2-4,9-10,16H,5-8,15H2,1H3,(H,17,18). The lowest BCUT2D eigenvalue weighted by Crippen LogP contribution is -2.14. The van der Waals surface area contributed by atoms with Gasteiger partial charge in [-0.2, -0.15) is 0 Å². The van der Waals surface area contributed by atoms with Crippen molar-refractivity contribution in [2.24, 2.45) is 11.8 Å². The lowest BCUT2D eigenvalue weighted by atomic mass is 10.1. The monoisotopic (exact) mass is 248 g/mol. The molecule has 0 amide bonds. The zero-order valence-electron chi connectivity index (χ0n) is 10.6. The fraction of sp³-hybridized carbons (Fsp3) is 0.500. The number of nitrogens with one attached hydrogen (secondary N) is 1. The number of nitrogens with two attached hydrogens (primary N) is 1. The fourth-order valence-corrected chi connectivity index (χ4v) is 2.67. The highest BCUT2D eigenvalue weighted by Crippen LogP contribution is 2.31. The molecule has 2 unspecified atom stereocenters. The second-order valence-electron chi connectivity index (χ2n) is 5.24. The van der Waals surface area contributed by atoms with Gasteiger partial charge in [0.15, 0.2) is 0 Å². The molecule has 0 bridgehead atoms. The quantitative estimate of drug-likeness (QED) is 0.716. The van der Waals surface area contributed by atoms with Crippen LogP contribution in [0, 0.1) is 11.8 Å². The number of carboxylic acid groups (broad SMARTS) is 1. The first-order valence-corrected chi connectivity index (χ1v) is 6.43. The number of anilines is 2. The summed E-state index contributed by atoms with van der Waals surface area (Å²) >= 11 is 0. The van der Waals surface area contributed by atoms with Crippen LogP contribution < -0.4 is 11.1 Å². The normalized spacial score (nSPS) is 22.9. The van der Waals surface area contributed by atoms with Gasteiger partial charge in [-0.3, -0.25) is 0 Å². The SMILES string of the molecule is CC1CCC(CNc2cccc(C(=O)O)c2N)C1. The number of rotatable bonds is 4. The lowest BCUT2D eigenvalue weighted by molar-refractivity contribution is 0.0698. The third-order valence-electron chi connectivity index (χ3n) is 3.72. The number of nitrogen functional groups attached to an aromatic ring is 1. The molecule has 4 nitrogen and oxygen atoms in total. The molecule has 0 aliphatic heterocycles. The Morgan fingerprint density at radius 2 is 2.28 bits per heavy atom. The third-order valence-corrected chi connectivity index (χ3v) is 3.72. The van der Waals surface area contributed by atoms with Gasteiger partial charge in [0, 0.05) is 6.54 Å². The summed E-state index contributed by atoms with van der Waals surface area (Å²) in [6.07, 6.45) is 3.77. The van der Waals surface area contributed by atoms with E-state index in [9.17, 15) is 4.79 Å². The molecular formula is C14H20N2O2. The van der Waals surface area contributed by atoms with E-state index in [0.717, 1.165) is 18.2 Å². The number of benzene rings is 1. The van der Waals surface area contributed by atoms with Gasteiger partial charge in [0.05, 0.1) is 16.9 Å². The molecule has 0 radical (unpaired) electrons. The van der Waals surface area contributed by atoms with Gasteiger partial charge < -0.3 is 16.2 Å². The van der Waals surface area contributed by atoms with Crippen molar-refractivity contribution in [1.82, 2.24) is 0 Å². The van der Waals surface area contributed by atoms with E-state index >= 15 is 0 Å². The molecule has 1 aromatic rings. The van der Waals surface area contributed by atoms with Gasteiger partial charge in [-0.1, -0.05) is 19.4 Å². The van der Waals surface area contributed by atoms with Crippen molar-refractivity contribution < 1.29 is 9.90 Å². The van der Waals surface area contributed by atoms with Crippen molar-refractivity contribution in [3.05, 3.63) is 23.8 Å². The lowest BCUT2D eigenvalue weighted by Gasteiger charge is -2.14. The number of para-hydroxylation sites is 1. The summed E-state index contributed by atoms with van der Waals surface area (Å²) in [5.41, 5.74) is 7.08. The Kier molecular flexibility index (Phi) is 3.75. The third kappa shape index (κ3) is 2.75. The smallest absolute Gasteiger partial charge is 0.337 e. The predicted octanol–water partition coefficient (Wildman–Crippen LogP) is 2.82. The average Bonchev–Trinajstić information content (AvgIpc) is 2.73. The van der Waals surface area contributed by atoms with Crippen molar-refractivity contribution in [2.75, 3.05) is 17.6 Å². The van der Waals surface area contributed by atoms with Crippen molar-refractivity contribution in [1.29, 1.82) is 0 Å². The number of aromatic carboxylic acids is 1. The second-order valence-corrected chi connectivity index (χ2v) is 5.24. The van der Waals surface area contributed by atoms with Gasteiger partial charge in [0.25, 0.3) is 0 Å². The van der Waals surface area contributed by atoms with Crippen LogP contribution in [-0.4, -0.2) is 17.6 Å².